The summed E-state index contributed by atoms with van der Waals surface area (Å²) in [5.41, 5.74) is -1.54. The number of methoxy groups -OCH3 is 1. The lowest BCUT2D eigenvalue weighted by atomic mass is 9.95. The largest absolute Gasteiger partial charge is 0.469 e. The van der Waals surface area contributed by atoms with Crippen molar-refractivity contribution < 1.29 is 28.6 Å². The molecule has 7 heteroatoms. The van der Waals surface area contributed by atoms with E-state index in [2.05, 4.69) is 0 Å². The highest BCUT2D eigenvalue weighted by atomic mass is 16.6. The maximum atomic E-state index is 12.6. The van der Waals surface area contributed by atoms with Gasteiger partial charge in [-0.2, -0.15) is 0 Å². The molecule has 0 aromatic rings. The van der Waals surface area contributed by atoms with Crippen LogP contribution in [0, 0.1) is 0 Å². The molecule has 1 amide bonds. The van der Waals surface area contributed by atoms with Crippen LogP contribution in [0.4, 0.5) is 4.79 Å². The summed E-state index contributed by atoms with van der Waals surface area (Å²) in [4.78, 5) is 37.8. The molecule has 0 bridgehead atoms. The van der Waals surface area contributed by atoms with Crippen LogP contribution in [0.3, 0.4) is 0 Å². The molecule has 132 valence electrons. The van der Waals surface area contributed by atoms with Gasteiger partial charge in [0.25, 0.3) is 0 Å². The molecule has 1 fully saturated rings. The van der Waals surface area contributed by atoms with Gasteiger partial charge in [-0.25, -0.2) is 9.59 Å². The molecule has 0 saturated carbocycles. The molecule has 1 saturated heterocycles. The van der Waals surface area contributed by atoms with E-state index in [0.717, 1.165) is 0 Å². The Labute approximate surface area is 137 Å². The predicted octanol–water partition coefficient (Wildman–Crippen LogP) is 2.27. The molecule has 1 unspecified atom stereocenters. The number of ether oxygens (including phenoxy) is 3. The molecule has 0 N–H and O–H groups in total. The van der Waals surface area contributed by atoms with Crippen molar-refractivity contribution in [1.29, 1.82) is 0 Å². The van der Waals surface area contributed by atoms with Gasteiger partial charge in [-0.3, -0.25) is 9.69 Å². The minimum atomic E-state index is -0.840. The van der Waals surface area contributed by atoms with Crippen LogP contribution in [0.2, 0.25) is 0 Å². The number of hydrogen-bond donors (Lipinski definition) is 0. The van der Waals surface area contributed by atoms with Gasteiger partial charge in [0.15, 0.2) is 0 Å². The molecule has 0 aromatic carbocycles. The molecule has 1 aliphatic rings. The summed E-state index contributed by atoms with van der Waals surface area (Å²) in [6, 6.07) is -0.751. The SMILES string of the molecule is CCOC(=O)[C@@H]1CCC(C)(CC(=O)OC)N1C(=O)OC(C)(C)C. The van der Waals surface area contributed by atoms with Gasteiger partial charge in [-0.15, -0.1) is 0 Å². The zero-order valence-electron chi connectivity index (χ0n) is 14.8. The molecule has 0 radical (unpaired) electrons. The topological polar surface area (TPSA) is 82.1 Å². The highest BCUT2D eigenvalue weighted by Gasteiger charge is 2.51. The highest BCUT2D eigenvalue weighted by Crippen LogP contribution is 2.38. The summed E-state index contributed by atoms with van der Waals surface area (Å²) in [6.45, 7) is 8.94. The van der Waals surface area contributed by atoms with Crippen molar-refractivity contribution in [3.63, 3.8) is 0 Å². The van der Waals surface area contributed by atoms with E-state index in [1.165, 1.54) is 12.0 Å². The van der Waals surface area contributed by atoms with Crippen molar-refractivity contribution in [2.45, 2.75) is 71.1 Å². The second kappa shape index (κ2) is 7.19. The Bertz CT molecular complexity index is 470. The summed E-state index contributed by atoms with van der Waals surface area (Å²) in [6.07, 6.45) is 0.286. The Balaban J connectivity index is 3.08. The molecular weight excluding hydrogens is 302 g/mol. The molecule has 7 nitrogen and oxygen atoms in total. The van der Waals surface area contributed by atoms with E-state index in [-0.39, 0.29) is 13.0 Å². The van der Waals surface area contributed by atoms with Crippen LogP contribution in [0.25, 0.3) is 0 Å². The second-order valence-electron chi connectivity index (χ2n) is 6.91. The van der Waals surface area contributed by atoms with Gasteiger partial charge in [0, 0.05) is 0 Å². The third kappa shape index (κ3) is 4.84. The fourth-order valence-electron chi connectivity index (χ4n) is 2.75. The van der Waals surface area contributed by atoms with Crippen molar-refractivity contribution >= 4 is 18.0 Å². The zero-order chi connectivity index (χ0) is 17.8. The minimum Gasteiger partial charge on any atom is -0.469 e. The first-order valence-electron chi connectivity index (χ1n) is 7.80. The van der Waals surface area contributed by atoms with Gasteiger partial charge in [0.1, 0.15) is 11.6 Å². The predicted molar refractivity (Wildman–Crippen MR) is 82.8 cm³/mol. The number of hydrogen-bond acceptors (Lipinski definition) is 6. The van der Waals surface area contributed by atoms with Crippen molar-refractivity contribution in [3.05, 3.63) is 0 Å². The quantitative estimate of drug-likeness (QED) is 0.581. The molecule has 0 spiro atoms. The molecule has 0 aliphatic carbocycles. The van der Waals surface area contributed by atoms with Crippen molar-refractivity contribution in [3.8, 4) is 0 Å². The number of esters is 2. The summed E-state index contributed by atoms with van der Waals surface area (Å²) in [5.74, 6) is -0.919. The first-order valence-corrected chi connectivity index (χ1v) is 7.80. The van der Waals surface area contributed by atoms with E-state index in [9.17, 15) is 14.4 Å². The number of likely N-dealkylation sites (tertiary alicyclic amines) is 1. The first-order chi connectivity index (χ1) is 10.5. The van der Waals surface area contributed by atoms with Crippen LogP contribution >= 0.6 is 0 Å². The Hall–Kier alpha value is -1.79. The van der Waals surface area contributed by atoms with E-state index in [4.69, 9.17) is 14.2 Å². The lowest BCUT2D eigenvalue weighted by Gasteiger charge is -2.37. The van der Waals surface area contributed by atoms with Crippen LogP contribution in [-0.2, 0) is 23.8 Å². The van der Waals surface area contributed by atoms with E-state index in [0.29, 0.717) is 12.8 Å². The molecule has 23 heavy (non-hydrogen) atoms. The zero-order valence-corrected chi connectivity index (χ0v) is 14.8. The normalized spacial score (nSPS) is 24.3. The average Bonchev–Trinajstić information content (AvgIpc) is 2.74. The molecular formula is C16H27NO6. The van der Waals surface area contributed by atoms with Crippen LogP contribution < -0.4 is 0 Å². The maximum absolute atomic E-state index is 12.6. The number of carbonyl (C=O) groups is 3. The van der Waals surface area contributed by atoms with Crippen molar-refractivity contribution in [2.75, 3.05) is 13.7 Å². The Morgan fingerprint density at radius 2 is 1.87 bits per heavy atom. The van der Waals surface area contributed by atoms with E-state index >= 15 is 0 Å². The third-order valence-corrected chi connectivity index (χ3v) is 3.75. The number of rotatable bonds is 4. The number of nitrogens with zero attached hydrogens (tertiary/aromatic N) is 1. The fourth-order valence-corrected chi connectivity index (χ4v) is 2.75. The molecule has 1 aliphatic heterocycles. The van der Waals surface area contributed by atoms with Gasteiger partial charge < -0.3 is 14.2 Å². The van der Waals surface area contributed by atoms with Gasteiger partial charge >= 0.3 is 18.0 Å². The summed E-state index contributed by atoms with van der Waals surface area (Å²) < 4.78 is 15.2. The van der Waals surface area contributed by atoms with Gasteiger partial charge in [0.05, 0.1) is 25.7 Å². The summed E-state index contributed by atoms with van der Waals surface area (Å²) >= 11 is 0. The highest BCUT2D eigenvalue weighted by molar-refractivity contribution is 5.84. The van der Waals surface area contributed by atoms with Crippen LogP contribution in [0.5, 0.6) is 0 Å². The summed E-state index contributed by atoms with van der Waals surface area (Å²) in [7, 11) is 1.29. The Kier molecular flexibility index (Phi) is 6.02. The maximum Gasteiger partial charge on any atom is 0.411 e. The van der Waals surface area contributed by atoms with E-state index in [1.54, 1.807) is 34.6 Å². The fraction of sp³-hybridized carbons (Fsp3) is 0.812. The molecule has 1 heterocycles. The minimum absolute atomic E-state index is 0.00134. The lowest BCUT2D eigenvalue weighted by molar-refractivity contribution is -0.151. The third-order valence-electron chi connectivity index (χ3n) is 3.75. The van der Waals surface area contributed by atoms with Gasteiger partial charge in [0.2, 0.25) is 0 Å². The first kappa shape index (κ1) is 19.3. The van der Waals surface area contributed by atoms with Gasteiger partial charge in [-0.1, -0.05) is 0 Å². The van der Waals surface area contributed by atoms with Gasteiger partial charge in [-0.05, 0) is 47.5 Å². The average molecular weight is 329 g/mol. The van der Waals surface area contributed by atoms with Crippen LogP contribution in [-0.4, -0.2) is 53.8 Å². The number of amides is 1. The van der Waals surface area contributed by atoms with E-state index in [1.807, 2.05) is 0 Å². The summed E-state index contributed by atoms with van der Waals surface area (Å²) in [5, 5.41) is 0. The van der Waals surface area contributed by atoms with Crippen LogP contribution in [0.1, 0.15) is 53.9 Å². The van der Waals surface area contributed by atoms with E-state index < -0.39 is 35.2 Å². The Morgan fingerprint density at radius 1 is 1.26 bits per heavy atom. The molecule has 0 aromatic heterocycles. The second-order valence-corrected chi connectivity index (χ2v) is 6.91. The lowest BCUT2D eigenvalue weighted by Crippen LogP contribution is -2.54. The molecule has 1 rings (SSSR count). The van der Waals surface area contributed by atoms with Crippen molar-refractivity contribution in [1.82, 2.24) is 4.90 Å². The number of carbonyl (C=O) groups excluding carboxylic acids is 3. The van der Waals surface area contributed by atoms with Crippen LogP contribution in [0.15, 0.2) is 0 Å². The monoisotopic (exact) mass is 329 g/mol. The smallest absolute Gasteiger partial charge is 0.411 e. The Morgan fingerprint density at radius 3 is 2.35 bits per heavy atom. The standard InChI is InChI=1S/C16H27NO6/c1-7-22-13(19)11-8-9-16(5,10-12(18)21-6)17(11)14(20)23-15(2,3)4/h11H,7-10H2,1-6H3/t11-,16?/m0/s1. The van der Waals surface area contributed by atoms with Crippen molar-refractivity contribution in [2.24, 2.45) is 0 Å². The molecule has 2 atom stereocenters.